The van der Waals surface area contributed by atoms with Crippen molar-refractivity contribution >= 4 is 17.1 Å². The van der Waals surface area contributed by atoms with Crippen molar-refractivity contribution < 1.29 is 0 Å². The first-order valence-corrected chi connectivity index (χ1v) is 16.1. The van der Waals surface area contributed by atoms with Crippen LogP contribution in [0.3, 0.4) is 0 Å². The Morgan fingerprint density at radius 3 is 0.980 bits per heavy atom. The van der Waals surface area contributed by atoms with Crippen LogP contribution in [0.4, 0.5) is 17.1 Å². The van der Waals surface area contributed by atoms with Gasteiger partial charge in [-0.1, -0.05) is 146 Å². The highest BCUT2D eigenvalue weighted by Crippen LogP contribution is 2.36. The maximum Gasteiger partial charge on any atom is 0.201 e. The van der Waals surface area contributed by atoms with Gasteiger partial charge in [-0.3, -0.25) is 0 Å². The summed E-state index contributed by atoms with van der Waals surface area (Å²) in [5, 5.41) is 0. The minimum atomic E-state index is 0.408. The summed E-state index contributed by atoms with van der Waals surface area (Å²) in [6.07, 6.45) is 3.65. The first-order valence-electron chi connectivity index (χ1n) is 16.1. The van der Waals surface area contributed by atoms with Crippen molar-refractivity contribution in [1.82, 2.24) is 24.9 Å². The van der Waals surface area contributed by atoms with E-state index in [1.54, 1.807) is 0 Å². The fraction of sp³-hybridized carbons (Fsp3) is 0. The van der Waals surface area contributed by atoms with Crippen LogP contribution >= 0.6 is 0 Å². The number of benzene rings is 6. The van der Waals surface area contributed by atoms with Gasteiger partial charge in [-0.2, -0.15) is 0 Å². The summed E-state index contributed by atoms with van der Waals surface area (Å²) in [7, 11) is 0. The van der Waals surface area contributed by atoms with Crippen molar-refractivity contribution in [3.63, 3.8) is 0 Å². The molecule has 0 atom stereocenters. The molecule has 0 unspecified atom stereocenters. The summed E-state index contributed by atoms with van der Waals surface area (Å²) in [6.45, 7) is 0. The molecule has 2 aromatic heterocycles. The predicted octanol–water partition coefficient (Wildman–Crippen LogP) is 10.5. The SMILES string of the molecule is c1ccc(-c2ccc(N(c3ccc(-c4ccccc4)cc3)c3cnc(-c4nc(-c5ccccc5)nc(-c5ccccc5)n4)nc3)cc2)cc1. The van der Waals surface area contributed by atoms with E-state index in [1.807, 2.05) is 85.2 Å². The molecule has 6 aromatic carbocycles. The summed E-state index contributed by atoms with van der Waals surface area (Å²) in [5.41, 5.74) is 9.20. The fourth-order valence-electron chi connectivity index (χ4n) is 5.78. The van der Waals surface area contributed by atoms with E-state index in [-0.39, 0.29) is 0 Å². The lowest BCUT2D eigenvalue weighted by Crippen LogP contribution is -2.11. The molecule has 49 heavy (non-hydrogen) atoms. The molecule has 0 saturated heterocycles. The third kappa shape index (κ3) is 6.44. The first-order chi connectivity index (χ1) is 24.3. The summed E-state index contributed by atoms with van der Waals surface area (Å²) < 4.78 is 0. The fourth-order valence-corrected chi connectivity index (χ4v) is 5.78. The minimum absolute atomic E-state index is 0.408. The Morgan fingerprint density at radius 2 is 0.592 bits per heavy atom. The van der Waals surface area contributed by atoms with Gasteiger partial charge in [-0.25, -0.2) is 24.9 Å². The van der Waals surface area contributed by atoms with Crippen LogP contribution in [-0.4, -0.2) is 24.9 Å². The zero-order valence-electron chi connectivity index (χ0n) is 26.5. The van der Waals surface area contributed by atoms with Crippen LogP contribution in [0.1, 0.15) is 0 Å². The van der Waals surface area contributed by atoms with Crippen LogP contribution in [0.2, 0.25) is 0 Å². The highest BCUT2D eigenvalue weighted by molar-refractivity contribution is 5.79. The first kappa shape index (κ1) is 29.6. The number of rotatable bonds is 8. The van der Waals surface area contributed by atoms with Crippen molar-refractivity contribution in [3.05, 3.63) is 182 Å². The molecule has 8 rings (SSSR count). The van der Waals surface area contributed by atoms with Crippen molar-refractivity contribution in [1.29, 1.82) is 0 Å². The minimum Gasteiger partial charge on any atom is -0.308 e. The molecule has 0 N–H and O–H groups in total. The average molecular weight is 631 g/mol. The van der Waals surface area contributed by atoms with Gasteiger partial charge in [0.05, 0.1) is 18.1 Å². The van der Waals surface area contributed by atoms with Crippen LogP contribution in [0.25, 0.3) is 56.7 Å². The zero-order chi connectivity index (χ0) is 32.8. The van der Waals surface area contributed by atoms with Gasteiger partial charge in [0, 0.05) is 22.5 Å². The number of hydrogen-bond donors (Lipinski definition) is 0. The smallest absolute Gasteiger partial charge is 0.201 e. The molecule has 8 aromatic rings. The molecule has 0 saturated carbocycles. The third-order valence-electron chi connectivity index (χ3n) is 8.26. The molecule has 0 aliphatic heterocycles. The standard InChI is InChI=1S/C43H30N6/c1-5-13-31(14-6-1)33-21-25-37(26-22-33)49(38-27-23-34(24-28-38)32-15-7-2-8-16-32)39-29-44-42(45-30-39)43-47-40(35-17-9-3-10-18-35)46-41(48-43)36-19-11-4-12-20-36/h1-30H. The quantitative estimate of drug-likeness (QED) is 0.166. The van der Waals surface area contributed by atoms with Gasteiger partial charge >= 0.3 is 0 Å². The van der Waals surface area contributed by atoms with Crippen LogP contribution in [0.15, 0.2) is 182 Å². The Balaban J connectivity index is 1.19. The van der Waals surface area contributed by atoms with Gasteiger partial charge in [0.25, 0.3) is 0 Å². The topological polar surface area (TPSA) is 67.7 Å². The zero-order valence-corrected chi connectivity index (χ0v) is 26.5. The number of nitrogens with zero attached hydrogens (tertiary/aromatic N) is 6. The van der Waals surface area contributed by atoms with Crippen LogP contribution in [0, 0.1) is 0 Å². The second-order valence-corrected chi connectivity index (χ2v) is 11.5. The van der Waals surface area contributed by atoms with E-state index in [0.717, 1.165) is 39.3 Å². The lowest BCUT2D eigenvalue weighted by molar-refractivity contribution is 1.03. The van der Waals surface area contributed by atoms with Crippen LogP contribution in [0.5, 0.6) is 0 Å². The molecule has 2 heterocycles. The molecule has 0 radical (unpaired) electrons. The van der Waals surface area contributed by atoms with E-state index in [4.69, 9.17) is 24.9 Å². The Morgan fingerprint density at radius 1 is 0.265 bits per heavy atom. The highest BCUT2D eigenvalue weighted by Gasteiger charge is 2.17. The monoisotopic (exact) mass is 630 g/mol. The lowest BCUT2D eigenvalue weighted by atomic mass is 10.0. The Kier molecular flexibility index (Phi) is 8.17. The second-order valence-electron chi connectivity index (χ2n) is 11.5. The van der Waals surface area contributed by atoms with Gasteiger partial charge in [0.15, 0.2) is 17.5 Å². The van der Waals surface area contributed by atoms with Crippen molar-refractivity contribution in [3.8, 4) is 56.7 Å². The molecule has 0 bridgehead atoms. The van der Waals surface area contributed by atoms with Crippen molar-refractivity contribution in [2.75, 3.05) is 4.90 Å². The van der Waals surface area contributed by atoms with Gasteiger partial charge < -0.3 is 4.90 Å². The molecule has 6 nitrogen and oxygen atoms in total. The van der Waals surface area contributed by atoms with E-state index >= 15 is 0 Å². The van der Waals surface area contributed by atoms with Crippen LogP contribution < -0.4 is 4.90 Å². The molecule has 232 valence electrons. The number of hydrogen-bond acceptors (Lipinski definition) is 6. The summed E-state index contributed by atoms with van der Waals surface area (Å²) in [5.74, 6) is 1.95. The molecule has 0 aliphatic carbocycles. The molecule has 0 amide bonds. The third-order valence-corrected chi connectivity index (χ3v) is 8.26. The van der Waals surface area contributed by atoms with Gasteiger partial charge in [-0.05, 0) is 46.5 Å². The van der Waals surface area contributed by atoms with Gasteiger partial charge in [-0.15, -0.1) is 0 Å². The van der Waals surface area contributed by atoms with Gasteiger partial charge in [0.1, 0.15) is 0 Å². The molecule has 0 spiro atoms. The van der Waals surface area contributed by atoms with Gasteiger partial charge in [0.2, 0.25) is 5.82 Å². The van der Waals surface area contributed by atoms with E-state index in [0.29, 0.717) is 23.3 Å². The average Bonchev–Trinajstić information content (AvgIpc) is 3.20. The van der Waals surface area contributed by atoms with E-state index in [1.165, 1.54) is 11.1 Å². The van der Waals surface area contributed by atoms with Crippen molar-refractivity contribution in [2.45, 2.75) is 0 Å². The van der Waals surface area contributed by atoms with Crippen LogP contribution in [-0.2, 0) is 0 Å². The van der Waals surface area contributed by atoms with E-state index in [2.05, 4.69) is 102 Å². The molecular weight excluding hydrogens is 601 g/mol. The summed E-state index contributed by atoms with van der Waals surface area (Å²) in [4.78, 5) is 26.2. The second kappa shape index (κ2) is 13.5. The highest BCUT2D eigenvalue weighted by atomic mass is 15.2. The molecule has 0 fully saturated rings. The predicted molar refractivity (Wildman–Crippen MR) is 197 cm³/mol. The van der Waals surface area contributed by atoms with E-state index < -0.39 is 0 Å². The lowest BCUT2D eigenvalue weighted by Gasteiger charge is -2.25. The normalized spacial score (nSPS) is 10.9. The largest absolute Gasteiger partial charge is 0.308 e. The van der Waals surface area contributed by atoms with E-state index in [9.17, 15) is 0 Å². The number of anilines is 3. The Hall–Kier alpha value is -6.79. The molecule has 0 aliphatic rings. The Bertz CT molecular complexity index is 2140. The maximum absolute atomic E-state index is 4.82. The maximum atomic E-state index is 4.82. The Labute approximate surface area is 285 Å². The number of aromatic nitrogens is 5. The molecular formula is C43H30N6. The summed E-state index contributed by atoms with van der Waals surface area (Å²) >= 11 is 0. The summed E-state index contributed by atoms with van der Waals surface area (Å²) in [6, 6.07) is 57.7. The molecule has 6 heteroatoms. The van der Waals surface area contributed by atoms with Crippen molar-refractivity contribution in [2.24, 2.45) is 0 Å².